The Kier molecular flexibility index (Phi) is 4.46. The summed E-state index contributed by atoms with van der Waals surface area (Å²) in [6, 6.07) is 3.81. The van der Waals surface area contributed by atoms with Crippen LogP contribution in [0.25, 0.3) is 0 Å². The molecular weight excluding hydrogens is 324 g/mol. The Bertz CT molecular complexity index is 495. The highest BCUT2D eigenvalue weighted by molar-refractivity contribution is 9.10. The first-order chi connectivity index (χ1) is 9.32. The van der Waals surface area contributed by atoms with Crippen molar-refractivity contribution in [3.05, 3.63) is 28.5 Å². The number of esters is 1. The minimum absolute atomic E-state index is 0.0692. The Balaban J connectivity index is 2.03. The van der Waals surface area contributed by atoms with Gasteiger partial charge in [-0.05, 0) is 42.8 Å². The SMILES string of the molecule is CC(C)(C)OC(=O)COC1(c2cccnc2Br)CNC1. The van der Waals surface area contributed by atoms with Crippen molar-refractivity contribution in [1.82, 2.24) is 10.3 Å². The van der Waals surface area contributed by atoms with Crippen molar-refractivity contribution in [2.75, 3.05) is 19.7 Å². The van der Waals surface area contributed by atoms with Crippen LogP contribution in [-0.4, -0.2) is 36.3 Å². The van der Waals surface area contributed by atoms with Crippen LogP contribution in [0.1, 0.15) is 26.3 Å². The Labute approximate surface area is 127 Å². The van der Waals surface area contributed by atoms with E-state index in [1.807, 2.05) is 32.9 Å². The van der Waals surface area contributed by atoms with Gasteiger partial charge >= 0.3 is 5.97 Å². The monoisotopic (exact) mass is 342 g/mol. The molecule has 0 aromatic carbocycles. The van der Waals surface area contributed by atoms with Gasteiger partial charge in [0.1, 0.15) is 22.4 Å². The fourth-order valence-electron chi connectivity index (χ4n) is 2.02. The molecule has 1 N–H and O–H groups in total. The summed E-state index contributed by atoms with van der Waals surface area (Å²) in [6.45, 7) is 6.75. The second kappa shape index (κ2) is 5.79. The van der Waals surface area contributed by atoms with Crippen LogP contribution < -0.4 is 5.32 Å². The van der Waals surface area contributed by atoms with Gasteiger partial charge in [-0.1, -0.05) is 6.07 Å². The molecule has 110 valence electrons. The molecule has 0 aliphatic carbocycles. The largest absolute Gasteiger partial charge is 0.458 e. The van der Waals surface area contributed by atoms with Crippen molar-refractivity contribution in [1.29, 1.82) is 0 Å². The molecule has 0 bridgehead atoms. The number of aromatic nitrogens is 1. The minimum atomic E-state index is -0.510. The number of nitrogens with one attached hydrogen (secondary N) is 1. The van der Waals surface area contributed by atoms with Crippen LogP contribution in [0.2, 0.25) is 0 Å². The van der Waals surface area contributed by atoms with Gasteiger partial charge in [-0.15, -0.1) is 0 Å². The summed E-state index contributed by atoms with van der Waals surface area (Å²) in [5.74, 6) is -0.358. The summed E-state index contributed by atoms with van der Waals surface area (Å²) in [7, 11) is 0. The van der Waals surface area contributed by atoms with E-state index in [2.05, 4.69) is 26.2 Å². The topological polar surface area (TPSA) is 60.5 Å². The van der Waals surface area contributed by atoms with Crippen LogP contribution in [0.15, 0.2) is 22.9 Å². The number of ether oxygens (including phenoxy) is 2. The molecule has 1 aliphatic rings. The number of nitrogens with zero attached hydrogens (tertiary/aromatic N) is 1. The number of carbonyl (C=O) groups is 1. The van der Waals surface area contributed by atoms with Crippen LogP contribution in [0.3, 0.4) is 0 Å². The summed E-state index contributed by atoms with van der Waals surface area (Å²) >= 11 is 3.43. The first-order valence-electron chi connectivity index (χ1n) is 6.50. The van der Waals surface area contributed by atoms with Gasteiger partial charge in [-0.3, -0.25) is 0 Å². The molecule has 1 fully saturated rings. The van der Waals surface area contributed by atoms with E-state index < -0.39 is 11.2 Å². The predicted octanol–water partition coefficient (Wildman–Crippen LogP) is 2.00. The van der Waals surface area contributed by atoms with Crippen molar-refractivity contribution in [2.45, 2.75) is 32.0 Å². The summed E-state index contributed by atoms with van der Waals surface area (Å²) in [4.78, 5) is 16.0. The maximum Gasteiger partial charge on any atom is 0.332 e. The average molecular weight is 343 g/mol. The lowest BCUT2D eigenvalue weighted by Crippen LogP contribution is -2.59. The first kappa shape index (κ1) is 15.4. The fraction of sp³-hybridized carbons (Fsp3) is 0.571. The number of carbonyl (C=O) groups excluding carboxylic acids is 1. The smallest absolute Gasteiger partial charge is 0.332 e. The van der Waals surface area contributed by atoms with Crippen molar-refractivity contribution in [2.24, 2.45) is 0 Å². The van der Waals surface area contributed by atoms with Crippen LogP contribution in [0.5, 0.6) is 0 Å². The molecule has 20 heavy (non-hydrogen) atoms. The van der Waals surface area contributed by atoms with E-state index in [4.69, 9.17) is 9.47 Å². The van der Waals surface area contributed by atoms with E-state index in [9.17, 15) is 4.79 Å². The molecule has 1 aliphatic heterocycles. The molecule has 0 atom stereocenters. The Hall–Kier alpha value is -0.980. The van der Waals surface area contributed by atoms with Gasteiger partial charge in [-0.2, -0.15) is 0 Å². The normalized spacial score (nSPS) is 17.4. The minimum Gasteiger partial charge on any atom is -0.458 e. The van der Waals surface area contributed by atoms with Gasteiger partial charge < -0.3 is 14.8 Å². The number of hydrogen-bond acceptors (Lipinski definition) is 5. The third kappa shape index (κ3) is 3.56. The van der Waals surface area contributed by atoms with E-state index >= 15 is 0 Å². The predicted molar refractivity (Wildman–Crippen MR) is 78.3 cm³/mol. The summed E-state index contributed by atoms with van der Waals surface area (Å²) in [5.41, 5.74) is -0.0630. The van der Waals surface area contributed by atoms with E-state index in [1.165, 1.54) is 0 Å². The molecular formula is C14H19BrN2O3. The summed E-state index contributed by atoms with van der Waals surface area (Å²) in [5, 5.41) is 3.17. The molecule has 2 rings (SSSR count). The molecule has 6 heteroatoms. The zero-order valence-corrected chi connectivity index (χ0v) is 13.5. The summed E-state index contributed by atoms with van der Waals surface area (Å²) in [6.07, 6.45) is 1.71. The van der Waals surface area contributed by atoms with Crippen molar-refractivity contribution < 1.29 is 14.3 Å². The molecule has 1 aromatic heterocycles. The van der Waals surface area contributed by atoms with E-state index in [-0.39, 0.29) is 12.6 Å². The number of halogens is 1. The van der Waals surface area contributed by atoms with E-state index in [1.54, 1.807) is 6.20 Å². The van der Waals surface area contributed by atoms with Crippen molar-refractivity contribution in [3.63, 3.8) is 0 Å². The van der Waals surface area contributed by atoms with E-state index in [0.29, 0.717) is 13.1 Å². The number of pyridine rings is 1. The highest BCUT2D eigenvalue weighted by Gasteiger charge is 2.42. The van der Waals surface area contributed by atoms with Crippen LogP contribution in [0.4, 0.5) is 0 Å². The molecule has 0 amide bonds. The molecule has 5 nitrogen and oxygen atoms in total. The lowest BCUT2D eigenvalue weighted by atomic mass is 9.89. The standard InChI is InChI=1S/C14H19BrN2O3/c1-13(2,3)20-11(18)7-19-14(8-16-9-14)10-5-4-6-17-12(10)15/h4-6,16H,7-9H2,1-3H3. The lowest BCUT2D eigenvalue weighted by Gasteiger charge is -2.42. The van der Waals surface area contributed by atoms with E-state index in [0.717, 1.165) is 10.2 Å². The van der Waals surface area contributed by atoms with Gasteiger partial charge in [0.05, 0.1) is 0 Å². The maximum absolute atomic E-state index is 11.8. The maximum atomic E-state index is 11.8. The molecule has 0 spiro atoms. The number of rotatable bonds is 4. The fourth-order valence-corrected chi connectivity index (χ4v) is 2.63. The van der Waals surface area contributed by atoms with Crippen molar-refractivity contribution in [3.8, 4) is 0 Å². The molecule has 0 unspecified atom stereocenters. The van der Waals surface area contributed by atoms with Gasteiger partial charge in [0.2, 0.25) is 0 Å². The zero-order valence-electron chi connectivity index (χ0n) is 11.9. The average Bonchev–Trinajstić information content (AvgIpc) is 2.27. The Morgan fingerprint density at radius 3 is 2.70 bits per heavy atom. The third-order valence-corrected chi connectivity index (χ3v) is 3.59. The highest BCUT2D eigenvalue weighted by Crippen LogP contribution is 2.34. The molecule has 2 heterocycles. The van der Waals surface area contributed by atoms with Gasteiger partial charge in [0.25, 0.3) is 0 Å². The molecule has 0 radical (unpaired) electrons. The molecule has 0 saturated carbocycles. The molecule has 1 aromatic rings. The summed E-state index contributed by atoms with van der Waals surface area (Å²) < 4.78 is 11.8. The third-order valence-electron chi connectivity index (χ3n) is 2.96. The van der Waals surface area contributed by atoms with Gasteiger partial charge in [-0.25, -0.2) is 9.78 Å². The number of hydrogen-bond donors (Lipinski definition) is 1. The second-order valence-electron chi connectivity index (χ2n) is 5.81. The van der Waals surface area contributed by atoms with Crippen LogP contribution >= 0.6 is 15.9 Å². The van der Waals surface area contributed by atoms with Gasteiger partial charge in [0, 0.05) is 24.8 Å². The lowest BCUT2D eigenvalue weighted by molar-refractivity contribution is -0.171. The quantitative estimate of drug-likeness (QED) is 0.669. The van der Waals surface area contributed by atoms with Gasteiger partial charge in [0.15, 0.2) is 0 Å². The van der Waals surface area contributed by atoms with Crippen LogP contribution in [-0.2, 0) is 19.9 Å². The highest BCUT2D eigenvalue weighted by atomic mass is 79.9. The van der Waals surface area contributed by atoms with Crippen LogP contribution in [0, 0.1) is 0 Å². The first-order valence-corrected chi connectivity index (χ1v) is 7.29. The Morgan fingerprint density at radius 2 is 2.20 bits per heavy atom. The Morgan fingerprint density at radius 1 is 1.50 bits per heavy atom. The molecule has 1 saturated heterocycles. The second-order valence-corrected chi connectivity index (χ2v) is 6.57. The zero-order chi connectivity index (χ0) is 14.8. The van der Waals surface area contributed by atoms with Crippen molar-refractivity contribution >= 4 is 21.9 Å².